The first-order chi connectivity index (χ1) is 15.4. The summed E-state index contributed by atoms with van der Waals surface area (Å²) in [6.07, 6.45) is 2.47. The number of thioether (sulfide) groups is 1. The molecule has 32 heavy (non-hydrogen) atoms. The fourth-order valence-corrected chi connectivity index (χ4v) is 4.43. The Hall–Kier alpha value is -2.10. The van der Waals surface area contributed by atoms with Crippen LogP contribution in [0.3, 0.4) is 0 Å². The fraction of sp³-hybridized carbons (Fsp3) is 0.227. The van der Waals surface area contributed by atoms with Gasteiger partial charge in [0.15, 0.2) is 6.61 Å². The summed E-state index contributed by atoms with van der Waals surface area (Å²) in [7, 11) is 1.62. The summed E-state index contributed by atoms with van der Waals surface area (Å²) in [6, 6.07) is 11.9. The molecule has 3 rings (SSSR count). The standard InChI is InChI=1S/C22H20Cl2N2O4S2/c1-29-9-3-8-26-21(28)19(32-22(26)31)11-14-4-2-5-16(10-14)30-13-20(27)25-15-6-7-17(23)18(24)12-15/h2,4-7,10-12H,3,8-9,13H2,1H3,(H,25,27)/b19-11-. The molecule has 0 unspecified atom stereocenters. The molecule has 2 amide bonds. The van der Waals surface area contributed by atoms with Crippen LogP contribution in [0.2, 0.25) is 10.0 Å². The summed E-state index contributed by atoms with van der Waals surface area (Å²) >= 11 is 18.4. The molecule has 0 atom stereocenters. The lowest BCUT2D eigenvalue weighted by Gasteiger charge is -2.13. The predicted octanol–water partition coefficient (Wildman–Crippen LogP) is 5.25. The first-order valence-electron chi connectivity index (χ1n) is 9.59. The molecule has 168 valence electrons. The first kappa shape index (κ1) is 24.5. The van der Waals surface area contributed by atoms with Crippen LogP contribution in [-0.4, -0.2) is 47.9 Å². The third-order valence-electron chi connectivity index (χ3n) is 4.33. The zero-order chi connectivity index (χ0) is 23.1. The number of nitrogens with zero attached hydrogens (tertiary/aromatic N) is 1. The number of rotatable bonds is 9. The molecule has 0 saturated carbocycles. The number of halogens is 2. The van der Waals surface area contributed by atoms with E-state index in [0.29, 0.717) is 50.3 Å². The van der Waals surface area contributed by atoms with E-state index in [1.807, 2.05) is 6.07 Å². The van der Waals surface area contributed by atoms with Gasteiger partial charge in [-0.15, -0.1) is 0 Å². The molecule has 0 aromatic heterocycles. The van der Waals surface area contributed by atoms with Crippen LogP contribution in [0, 0.1) is 0 Å². The molecule has 6 nitrogen and oxygen atoms in total. The van der Waals surface area contributed by atoms with Gasteiger partial charge in [-0.2, -0.15) is 0 Å². The highest BCUT2D eigenvalue weighted by atomic mass is 35.5. The Labute approximate surface area is 205 Å². The van der Waals surface area contributed by atoms with Crippen LogP contribution in [0.25, 0.3) is 6.08 Å². The summed E-state index contributed by atoms with van der Waals surface area (Å²) < 4.78 is 11.2. The number of ether oxygens (including phenoxy) is 2. The molecule has 2 aromatic carbocycles. The zero-order valence-corrected chi connectivity index (χ0v) is 20.2. The second kappa shape index (κ2) is 11.7. The average molecular weight is 511 g/mol. The average Bonchev–Trinajstić information content (AvgIpc) is 3.02. The molecule has 0 aliphatic carbocycles. The smallest absolute Gasteiger partial charge is 0.266 e. The zero-order valence-electron chi connectivity index (χ0n) is 17.1. The van der Waals surface area contributed by atoms with Crippen LogP contribution in [0.5, 0.6) is 5.75 Å². The third kappa shape index (κ3) is 6.70. The highest BCUT2D eigenvalue weighted by Gasteiger charge is 2.31. The normalized spacial score (nSPS) is 14.8. The van der Waals surface area contributed by atoms with Gasteiger partial charge in [-0.1, -0.05) is 59.3 Å². The Morgan fingerprint density at radius 2 is 2.03 bits per heavy atom. The Kier molecular flexibility index (Phi) is 8.95. The maximum absolute atomic E-state index is 12.6. The Morgan fingerprint density at radius 3 is 2.78 bits per heavy atom. The van der Waals surface area contributed by atoms with E-state index in [1.165, 1.54) is 11.8 Å². The second-order valence-corrected chi connectivity index (χ2v) is 9.21. The van der Waals surface area contributed by atoms with Crippen LogP contribution in [-0.2, 0) is 14.3 Å². The van der Waals surface area contributed by atoms with Gasteiger partial charge in [-0.3, -0.25) is 14.5 Å². The van der Waals surface area contributed by atoms with E-state index in [1.54, 1.807) is 54.5 Å². The molecule has 2 aromatic rings. The Balaban J connectivity index is 1.59. The highest BCUT2D eigenvalue weighted by molar-refractivity contribution is 8.26. The number of amides is 2. The topological polar surface area (TPSA) is 67.9 Å². The molecule has 0 radical (unpaired) electrons. The molecule has 0 bridgehead atoms. The van der Waals surface area contributed by atoms with Gasteiger partial charge in [-0.25, -0.2) is 0 Å². The number of carbonyl (C=O) groups excluding carboxylic acids is 2. The maximum atomic E-state index is 12.6. The van der Waals surface area contributed by atoms with Gasteiger partial charge >= 0.3 is 0 Å². The fourth-order valence-electron chi connectivity index (χ4n) is 2.83. The van der Waals surface area contributed by atoms with Crippen LogP contribution in [0.15, 0.2) is 47.4 Å². The minimum absolute atomic E-state index is 0.122. The number of thiocarbonyl (C=S) groups is 1. The summed E-state index contributed by atoms with van der Waals surface area (Å²) in [5, 5.41) is 3.45. The number of benzene rings is 2. The van der Waals surface area contributed by atoms with Gasteiger partial charge < -0.3 is 14.8 Å². The monoisotopic (exact) mass is 510 g/mol. The van der Waals surface area contributed by atoms with E-state index >= 15 is 0 Å². The summed E-state index contributed by atoms with van der Waals surface area (Å²) in [5.74, 6) is 0.0350. The molecular formula is C22H20Cl2N2O4S2. The van der Waals surface area contributed by atoms with Crippen LogP contribution >= 0.6 is 47.2 Å². The Morgan fingerprint density at radius 1 is 1.22 bits per heavy atom. The number of hydrogen-bond acceptors (Lipinski definition) is 6. The Bertz CT molecular complexity index is 1060. The van der Waals surface area contributed by atoms with E-state index < -0.39 is 0 Å². The van der Waals surface area contributed by atoms with Gasteiger partial charge in [-0.05, 0) is 48.4 Å². The number of methoxy groups -OCH3 is 1. The van der Waals surface area contributed by atoms with E-state index in [9.17, 15) is 9.59 Å². The van der Waals surface area contributed by atoms with Crippen molar-refractivity contribution in [2.75, 3.05) is 32.2 Å². The van der Waals surface area contributed by atoms with Gasteiger partial charge in [0, 0.05) is 25.9 Å². The summed E-state index contributed by atoms with van der Waals surface area (Å²) in [6.45, 7) is 0.895. The molecule has 1 N–H and O–H groups in total. The molecule has 1 aliphatic rings. The van der Waals surface area contributed by atoms with E-state index in [-0.39, 0.29) is 18.4 Å². The molecule has 1 aliphatic heterocycles. The van der Waals surface area contributed by atoms with E-state index in [0.717, 1.165) is 5.56 Å². The summed E-state index contributed by atoms with van der Waals surface area (Å²) in [5.41, 5.74) is 1.29. The van der Waals surface area contributed by atoms with E-state index in [2.05, 4.69) is 5.32 Å². The van der Waals surface area contributed by atoms with Crippen molar-refractivity contribution in [1.29, 1.82) is 0 Å². The van der Waals surface area contributed by atoms with Crippen molar-refractivity contribution in [2.45, 2.75) is 6.42 Å². The first-order valence-corrected chi connectivity index (χ1v) is 11.6. The van der Waals surface area contributed by atoms with E-state index in [4.69, 9.17) is 44.9 Å². The SMILES string of the molecule is COCCCN1C(=O)/C(=C/c2cccc(OCC(=O)Nc3ccc(Cl)c(Cl)c3)c2)SC1=S. The van der Waals surface area contributed by atoms with Gasteiger partial charge in [0.25, 0.3) is 11.8 Å². The molecule has 10 heteroatoms. The number of nitrogens with one attached hydrogen (secondary N) is 1. The van der Waals surface area contributed by atoms with Gasteiger partial charge in [0.2, 0.25) is 0 Å². The van der Waals surface area contributed by atoms with Crippen LogP contribution < -0.4 is 10.1 Å². The number of carbonyl (C=O) groups is 2. The maximum Gasteiger partial charge on any atom is 0.266 e. The van der Waals surface area contributed by atoms with Crippen molar-refractivity contribution in [3.8, 4) is 5.75 Å². The summed E-state index contributed by atoms with van der Waals surface area (Å²) in [4.78, 5) is 26.9. The van der Waals surface area contributed by atoms with Gasteiger partial charge in [0.1, 0.15) is 10.1 Å². The minimum atomic E-state index is -0.342. The van der Waals surface area contributed by atoms with Crippen LogP contribution in [0.1, 0.15) is 12.0 Å². The minimum Gasteiger partial charge on any atom is -0.484 e. The largest absolute Gasteiger partial charge is 0.484 e. The predicted molar refractivity (Wildman–Crippen MR) is 133 cm³/mol. The lowest BCUT2D eigenvalue weighted by atomic mass is 10.2. The quantitative estimate of drug-likeness (QED) is 0.282. The van der Waals surface area contributed by atoms with Crippen molar-refractivity contribution >= 4 is 75.1 Å². The lowest BCUT2D eigenvalue weighted by molar-refractivity contribution is -0.122. The van der Waals surface area contributed by atoms with Crippen molar-refractivity contribution < 1.29 is 19.1 Å². The van der Waals surface area contributed by atoms with Crippen LogP contribution in [0.4, 0.5) is 5.69 Å². The molecule has 1 fully saturated rings. The molecule has 1 heterocycles. The third-order valence-corrected chi connectivity index (χ3v) is 6.45. The number of hydrogen-bond donors (Lipinski definition) is 1. The van der Waals surface area contributed by atoms with Crippen molar-refractivity contribution in [2.24, 2.45) is 0 Å². The molecule has 1 saturated heterocycles. The highest BCUT2D eigenvalue weighted by Crippen LogP contribution is 2.33. The molecule has 0 spiro atoms. The van der Waals surface area contributed by atoms with Crippen molar-refractivity contribution in [3.63, 3.8) is 0 Å². The van der Waals surface area contributed by atoms with Crippen molar-refractivity contribution in [1.82, 2.24) is 4.90 Å². The second-order valence-electron chi connectivity index (χ2n) is 6.72. The number of anilines is 1. The van der Waals surface area contributed by atoms with Gasteiger partial charge in [0.05, 0.1) is 15.0 Å². The lowest BCUT2D eigenvalue weighted by Crippen LogP contribution is -2.29. The van der Waals surface area contributed by atoms with Crippen molar-refractivity contribution in [3.05, 3.63) is 63.0 Å². The molecular weight excluding hydrogens is 491 g/mol.